The van der Waals surface area contributed by atoms with Crippen molar-refractivity contribution in [3.05, 3.63) is 48.7 Å². The minimum Gasteiger partial charge on any atom is -0.354 e. The first-order valence-corrected chi connectivity index (χ1v) is 9.58. The van der Waals surface area contributed by atoms with Crippen molar-refractivity contribution in [2.24, 2.45) is 5.92 Å². The zero-order valence-electron chi connectivity index (χ0n) is 16.9. The Kier molecular flexibility index (Phi) is 10.9. The maximum Gasteiger partial charge on any atom is 0.226 e. The fourth-order valence-electron chi connectivity index (χ4n) is 3.08. The number of benzene rings is 1. The normalized spacial score (nSPS) is 12.9. The number of nitrogens with one attached hydrogen (secondary N) is 2. The van der Waals surface area contributed by atoms with Crippen LogP contribution in [0.25, 0.3) is 0 Å². The molecule has 0 aliphatic heterocycles. The van der Waals surface area contributed by atoms with Gasteiger partial charge in [-0.2, -0.15) is 0 Å². The van der Waals surface area contributed by atoms with Gasteiger partial charge in [-0.1, -0.05) is 43.8 Å². The zero-order valence-corrected chi connectivity index (χ0v) is 16.9. The number of hydrogen-bond donors (Lipinski definition) is 2. The van der Waals surface area contributed by atoms with Gasteiger partial charge in [-0.3, -0.25) is 9.59 Å². The molecular weight excluding hydrogens is 340 g/mol. The molecule has 6 nitrogen and oxygen atoms in total. The van der Waals surface area contributed by atoms with Crippen LogP contribution in [0, 0.1) is 5.92 Å². The first kappa shape index (κ1) is 22.7. The summed E-state index contributed by atoms with van der Waals surface area (Å²) in [6.07, 6.45) is 5.24. The second kappa shape index (κ2) is 12.9. The molecule has 1 rings (SSSR count). The van der Waals surface area contributed by atoms with Crippen LogP contribution in [-0.4, -0.2) is 54.9 Å². The second-order valence-corrected chi connectivity index (χ2v) is 7.03. The molecule has 2 N–H and O–H groups in total. The van der Waals surface area contributed by atoms with Crippen LogP contribution in [0.5, 0.6) is 0 Å². The molecule has 0 saturated heterocycles. The Bertz CT molecular complexity index is 565. The summed E-state index contributed by atoms with van der Waals surface area (Å²) in [6.45, 7) is 9.27. The number of carbonyl (C=O) groups is 2. The lowest BCUT2D eigenvalue weighted by atomic mass is 10.1. The maximum atomic E-state index is 12.9. The minimum absolute atomic E-state index is 0.0724. The Morgan fingerprint density at radius 3 is 2.52 bits per heavy atom. The van der Waals surface area contributed by atoms with Crippen LogP contribution in [-0.2, 0) is 16.0 Å². The van der Waals surface area contributed by atoms with Crippen LogP contribution in [0.15, 0.2) is 43.1 Å². The predicted octanol–water partition coefficient (Wildman–Crippen LogP) is 2.19. The third kappa shape index (κ3) is 9.24. The first-order valence-electron chi connectivity index (χ1n) is 9.58. The summed E-state index contributed by atoms with van der Waals surface area (Å²) in [5.41, 5.74) is 4.29. The molecule has 0 spiro atoms. The Balaban J connectivity index is 2.58. The Morgan fingerprint density at radius 1 is 1.19 bits per heavy atom. The molecule has 2 amide bonds. The summed E-state index contributed by atoms with van der Waals surface area (Å²) in [7, 11) is 1.88. The van der Waals surface area contributed by atoms with Crippen molar-refractivity contribution in [2.45, 2.75) is 39.2 Å². The molecule has 0 aliphatic carbocycles. The average molecular weight is 375 g/mol. The van der Waals surface area contributed by atoms with E-state index in [1.165, 1.54) is 5.56 Å². The molecule has 0 radical (unpaired) electrons. The summed E-state index contributed by atoms with van der Waals surface area (Å²) in [6, 6.07) is 10.3. The average Bonchev–Trinajstić information content (AvgIpc) is 2.64. The topological polar surface area (TPSA) is 64.7 Å². The van der Waals surface area contributed by atoms with Crippen LogP contribution in [0.3, 0.4) is 0 Å². The SMILES string of the molecule is C=CNN(C)C[C@@H](C)C(=O)N(CCCCc1ccccc1)CC(C)NC=O. The van der Waals surface area contributed by atoms with Gasteiger partial charge in [0.1, 0.15) is 0 Å². The highest BCUT2D eigenvalue weighted by molar-refractivity contribution is 5.78. The molecule has 27 heavy (non-hydrogen) atoms. The van der Waals surface area contributed by atoms with E-state index in [2.05, 4.69) is 29.5 Å². The highest BCUT2D eigenvalue weighted by Gasteiger charge is 2.22. The van der Waals surface area contributed by atoms with Crippen molar-refractivity contribution < 1.29 is 9.59 Å². The summed E-state index contributed by atoms with van der Waals surface area (Å²) in [5.74, 6) is -0.0491. The van der Waals surface area contributed by atoms with Crippen LogP contribution in [0.4, 0.5) is 0 Å². The molecule has 6 heteroatoms. The third-order valence-electron chi connectivity index (χ3n) is 4.43. The van der Waals surface area contributed by atoms with Crippen molar-refractivity contribution in [1.29, 1.82) is 0 Å². The molecule has 0 bridgehead atoms. The lowest BCUT2D eigenvalue weighted by Gasteiger charge is -2.30. The largest absolute Gasteiger partial charge is 0.354 e. The summed E-state index contributed by atoms with van der Waals surface area (Å²) >= 11 is 0. The summed E-state index contributed by atoms with van der Waals surface area (Å²) in [5, 5.41) is 4.58. The smallest absolute Gasteiger partial charge is 0.226 e. The molecule has 2 atom stereocenters. The number of rotatable bonds is 14. The molecule has 1 aromatic carbocycles. The Labute approximate surface area is 163 Å². The van der Waals surface area contributed by atoms with Crippen LogP contribution in [0.1, 0.15) is 32.3 Å². The van der Waals surface area contributed by atoms with Crippen molar-refractivity contribution >= 4 is 12.3 Å². The van der Waals surface area contributed by atoms with E-state index in [0.29, 0.717) is 26.0 Å². The van der Waals surface area contributed by atoms with Gasteiger partial charge in [-0.25, -0.2) is 5.01 Å². The molecule has 0 aromatic heterocycles. The second-order valence-electron chi connectivity index (χ2n) is 7.03. The number of aryl methyl sites for hydroxylation is 1. The van der Waals surface area contributed by atoms with E-state index in [9.17, 15) is 9.59 Å². The lowest BCUT2D eigenvalue weighted by molar-refractivity contribution is -0.136. The van der Waals surface area contributed by atoms with Gasteiger partial charge in [0.15, 0.2) is 0 Å². The minimum atomic E-state index is -0.153. The fourth-order valence-corrected chi connectivity index (χ4v) is 3.08. The van der Waals surface area contributed by atoms with Crippen LogP contribution < -0.4 is 10.7 Å². The van der Waals surface area contributed by atoms with E-state index >= 15 is 0 Å². The molecule has 0 aliphatic rings. The monoisotopic (exact) mass is 374 g/mol. The van der Waals surface area contributed by atoms with E-state index in [-0.39, 0.29) is 17.9 Å². The first-order chi connectivity index (χ1) is 13.0. The van der Waals surface area contributed by atoms with E-state index in [0.717, 1.165) is 19.3 Å². The molecule has 1 unspecified atom stereocenters. The third-order valence-corrected chi connectivity index (χ3v) is 4.43. The van der Waals surface area contributed by atoms with Crippen molar-refractivity contribution in [3.63, 3.8) is 0 Å². The van der Waals surface area contributed by atoms with E-state index < -0.39 is 0 Å². The van der Waals surface area contributed by atoms with Crippen molar-refractivity contribution in [2.75, 3.05) is 26.7 Å². The maximum absolute atomic E-state index is 12.9. The van der Waals surface area contributed by atoms with Gasteiger partial charge in [0.25, 0.3) is 0 Å². The number of hydrazine groups is 1. The van der Waals surface area contributed by atoms with Gasteiger partial charge in [-0.15, -0.1) is 0 Å². The molecule has 0 fully saturated rings. The summed E-state index contributed by atoms with van der Waals surface area (Å²) < 4.78 is 0. The van der Waals surface area contributed by atoms with Gasteiger partial charge in [0.2, 0.25) is 12.3 Å². The molecular formula is C21H34N4O2. The molecule has 0 saturated carbocycles. The predicted molar refractivity (Wildman–Crippen MR) is 110 cm³/mol. The van der Waals surface area contributed by atoms with E-state index in [1.54, 1.807) is 6.20 Å². The fraction of sp³-hybridized carbons (Fsp3) is 0.524. The number of carbonyl (C=O) groups excluding carboxylic acids is 2. The Morgan fingerprint density at radius 2 is 1.89 bits per heavy atom. The number of unbranched alkanes of at least 4 members (excludes halogenated alkanes) is 1. The summed E-state index contributed by atoms with van der Waals surface area (Å²) in [4.78, 5) is 25.5. The van der Waals surface area contributed by atoms with Gasteiger partial charge in [0.05, 0.1) is 0 Å². The number of hydrogen-bond acceptors (Lipinski definition) is 4. The van der Waals surface area contributed by atoms with Gasteiger partial charge in [0, 0.05) is 44.8 Å². The number of nitrogens with zero attached hydrogens (tertiary/aromatic N) is 2. The van der Waals surface area contributed by atoms with Gasteiger partial charge in [-0.05, 0) is 31.7 Å². The van der Waals surface area contributed by atoms with E-state index in [4.69, 9.17) is 0 Å². The molecule has 1 aromatic rings. The lowest BCUT2D eigenvalue weighted by Crippen LogP contribution is -2.47. The molecule has 0 heterocycles. The van der Waals surface area contributed by atoms with Crippen molar-refractivity contribution in [3.8, 4) is 0 Å². The van der Waals surface area contributed by atoms with Crippen LogP contribution >= 0.6 is 0 Å². The van der Waals surface area contributed by atoms with Crippen LogP contribution in [0.2, 0.25) is 0 Å². The molecule has 150 valence electrons. The number of amides is 2. The quantitative estimate of drug-likeness (QED) is 0.298. The van der Waals surface area contributed by atoms with Gasteiger partial charge >= 0.3 is 0 Å². The van der Waals surface area contributed by atoms with Gasteiger partial charge < -0.3 is 15.6 Å². The van der Waals surface area contributed by atoms with Crippen molar-refractivity contribution in [1.82, 2.24) is 20.7 Å². The zero-order chi connectivity index (χ0) is 20.1. The highest BCUT2D eigenvalue weighted by Crippen LogP contribution is 2.09. The standard InChI is InChI=1S/C21H34N4O2/c1-5-23-24(4)15-18(2)21(27)25(16-19(3)22-17-26)14-10-9-13-20-11-7-6-8-12-20/h5-8,11-12,17-19,23H,1,9-10,13-16H2,2-4H3,(H,22,26)/t18-,19?/m1/s1. The Hall–Kier alpha value is -2.34. The van der Waals surface area contributed by atoms with E-state index in [1.807, 2.05) is 49.0 Å². The highest BCUT2D eigenvalue weighted by atomic mass is 16.2.